The molecule has 0 saturated heterocycles. The number of para-hydroxylation sites is 1. The van der Waals surface area contributed by atoms with Crippen LogP contribution in [-0.4, -0.2) is 9.97 Å². The van der Waals surface area contributed by atoms with Gasteiger partial charge in [-0.1, -0.05) is 24.3 Å². The van der Waals surface area contributed by atoms with Crippen molar-refractivity contribution in [1.82, 2.24) is 15.3 Å². The number of fused-ring (bicyclic) bond motifs is 1. The van der Waals surface area contributed by atoms with Gasteiger partial charge in [-0.05, 0) is 43.7 Å². The number of nitrogens with one attached hydrogen (secondary N) is 1. The molecule has 0 aliphatic heterocycles. The third-order valence-corrected chi connectivity index (χ3v) is 3.50. The summed E-state index contributed by atoms with van der Waals surface area (Å²) in [6.45, 7) is 5.65. The van der Waals surface area contributed by atoms with E-state index in [4.69, 9.17) is 0 Å². The van der Waals surface area contributed by atoms with Crippen LogP contribution in [0.4, 0.5) is 0 Å². The largest absolute Gasteiger partial charge is 0.307 e. The van der Waals surface area contributed by atoms with Gasteiger partial charge in [0.1, 0.15) is 0 Å². The minimum absolute atomic E-state index is 0.775. The topological polar surface area (TPSA) is 37.8 Å². The molecule has 0 spiro atoms. The molecule has 1 aromatic carbocycles. The van der Waals surface area contributed by atoms with Crippen molar-refractivity contribution in [2.75, 3.05) is 0 Å². The van der Waals surface area contributed by atoms with Crippen molar-refractivity contribution in [3.8, 4) is 0 Å². The van der Waals surface area contributed by atoms with Crippen molar-refractivity contribution in [2.45, 2.75) is 26.9 Å². The van der Waals surface area contributed by atoms with E-state index in [0.29, 0.717) is 0 Å². The lowest BCUT2D eigenvalue weighted by Gasteiger charge is -2.09. The van der Waals surface area contributed by atoms with E-state index < -0.39 is 0 Å². The molecular weight excluding hydrogens is 258 g/mol. The molecule has 0 aliphatic carbocycles. The van der Waals surface area contributed by atoms with E-state index >= 15 is 0 Å². The van der Waals surface area contributed by atoms with Gasteiger partial charge in [0.15, 0.2) is 0 Å². The number of benzene rings is 1. The van der Waals surface area contributed by atoms with E-state index in [1.165, 1.54) is 10.9 Å². The van der Waals surface area contributed by atoms with Crippen LogP contribution in [0.1, 0.15) is 22.6 Å². The average Bonchev–Trinajstić information content (AvgIpc) is 2.47. The van der Waals surface area contributed by atoms with Crippen LogP contribution >= 0.6 is 0 Å². The fourth-order valence-corrected chi connectivity index (χ4v) is 2.56. The van der Waals surface area contributed by atoms with E-state index in [1.54, 1.807) is 0 Å². The Labute approximate surface area is 125 Å². The van der Waals surface area contributed by atoms with E-state index in [2.05, 4.69) is 45.6 Å². The molecule has 0 radical (unpaired) electrons. The Kier molecular flexibility index (Phi) is 3.93. The van der Waals surface area contributed by atoms with Crippen molar-refractivity contribution in [1.29, 1.82) is 0 Å². The molecule has 3 aromatic rings. The zero-order valence-electron chi connectivity index (χ0n) is 12.4. The minimum Gasteiger partial charge on any atom is -0.307 e. The lowest BCUT2D eigenvalue weighted by atomic mass is 10.1. The van der Waals surface area contributed by atoms with Crippen LogP contribution in [0.3, 0.4) is 0 Å². The first-order chi connectivity index (χ1) is 10.2. The summed E-state index contributed by atoms with van der Waals surface area (Å²) in [6.07, 6.45) is 0. The van der Waals surface area contributed by atoms with Crippen molar-refractivity contribution in [3.63, 3.8) is 0 Å². The Morgan fingerprint density at radius 3 is 2.57 bits per heavy atom. The van der Waals surface area contributed by atoms with E-state index in [0.717, 1.165) is 35.7 Å². The predicted molar refractivity (Wildman–Crippen MR) is 86.0 cm³/mol. The minimum atomic E-state index is 0.775. The molecule has 0 unspecified atom stereocenters. The monoisotopic (exact) mass is 277 g/mol. The summed E-state index contributed by atoms with van der Waals surface area (Å²) >= 11 is 0. The van der Waals surface area contributed by atoms with E-state index in [1.807, 2.05) is 32.0 Å². The van der Waals surface area contributed by atoms with Gasteiger partial charge >= 0.3 is 0 Å². The van der Waals surface area contributed by atoms with E-state index in [-0.39, 0.29) is 0 Å². The molecular formula is C18H19N3. The van der Waals surface area contributed by atoms with Crippen LogP contribution in [0.25, 0.3) is 10.9 Å². The highest BCUT2D eigenvalue weighted by Gasteiger charge is 2.03. The first-order valence-corrected chi connectivity index (χ1v) is 7.21. The predicted octanol–water partition coefficient (Wildman–Crippen LogP) is 3.54. The molecule has 21 heavy (non-hydrogen) atoms. The Balaban J connectivity index is 1.76. The van der Waals surface area contributed by atoms with Gasteiger partial charge in [0.2, 0.25) is 0 Å². The number of hydrogen-bond acceptors (Lipinski definition) is 3. The third kappa shape index (κ3) is 3.26. The maximum atomic E-state index is 4.57. The van der Waals surface area contributed by atoms with Crippen molar-refractivity contribution in [2.24, 2.45) is 0 Å². The summed E-state index contributed by atoms with van der Waals surface area (Å²) in [5.41, 5.74) is 5.53. The van der Waals surface area contributed by atoms with Crippen LogP contribution in [0, 0.1) is 13.8 Å². The van der Waals surface area contributed by atoms with Crippen LogP contribution in [0.15, 0.2) is 48.5 Å². The van der Waals surface area contributed by atoms with Gasteiger partial charge in [-0.2, -0.15) is 0 Å². The summed E-state index contributed by atoms with van der Waals surface area (Å²) < 4.78 is 0. The first-order valence-electron chi connectivity index (χ1n) is 7.21. The summed E-state index contributed by atoms with van der Waals surface area (Å²) in [6, 6.07) is 16.6. The Hall–Kier alpha value is -2.26. The molecule has 0 amide bonds. The molecule has 0 atom stereocenters. The van der Waals surface area contributed by atoms with Crippen molar-refractivity contribution >= 4 is 10.9 Å². The average molecular weight is 277 g/mol. The van der Waals surface area contributed by atoms with Gasteiger partial charge in [-0.25, -0.2) is 0 Å². The molecule has 106 valence electrons. The third-order valence-electron chi connectivity index (χ3n) is 3.50. The fourth-order valence-electron chi connectivity index (χ4n) is 2.56. The number of rotatable bonds is 4. The quantitative estimate of drug-likeness (QED) is 0.792. The molecule has 3 nitrogen and oxygen atoms in total. The lowest BCUT2D eigenvalue weighted by Crippen LogP contribution is -2.14. The first kappa shape index (κ1) is 13.7. The molecule has 0 saturated carbocycles. The number of aryl methyl sites for hydroxylation is 2. The molecule has 2 aromatic heterocycles. The SMILES string of the molecule is Cc1cccc(CNCc2cc(C)nc3ccccc23)n1. The van der Waals surface area contributed by atoms with Crippen LogP contribution < -0.4 is 5.32 Å². The van der Waals surface area contributed by atoms with E-state index in [9.17, 15) is 0 Å². The zero-order valence-corrected chi connectivity index (χ0v) is 12.4. The second-order valence-corrected chi connectivity index (χ2v) is 5.31. The number of hydrogen-bond donors (Lipinski definition) is 1. The zero-order chi connectivity index (χ0) is 14.7. The van der Waals surface area contributed by atoms with Crippen LogP contribution in [-0.2, 0) is 13.1 Å². The molecule has 2 heterocycles. The standard InChI is InChI=1S/C18H19N3/c1-13-6-5-7-16(20-13)12-19-11-15-10-14(2)21-18-9-4-3-8-17(15)18/h3-10,19H,11-12H2,1-2H3. The Morgan fingerprint density at radius 2 is 1.71 bits per heavy atom. The smallest absolute Gasteiger partial charge is 0.0708 e. The van der Waals surface area contributed by atoms with Gasteiger partial charge in [0.05, 0.1) is 11.2 Å². The highest BCUT2D eigenvalue weighted by molar-refractivity contribution is 5.82. The molecule has 1 N–H and O–H groups in total. The lowest BCUT2D eigenvalue weighted by molar-refractivity contribution is 0.680. The highest BCUT2D eigenvalue weighted by Crippen LogP contribution is 2.18. The Morgan fingerprint density at radius 1 is 0.857 bits per heavy atom. The number of aromatic nitrogens is 2. The summed E-state index contributed by atoms with van der Waals surface area (Å²) in [7, 11) is 0. The van der Waals surface area contributed by atoms with Crippen molar-refractivity contribution < 1.29 is 0 Å². The Bertz CT molecular complexity index is 765. The maximum Gasteiger partial charge on any atom is 0.0708 e. The van der Waals surface area contributed by atoms with Crippen LogP contribution in [0.2, 0.25) is 0 Å². The second kappa shape index (κ2) is 6.02. The molecule has 0 fully saturated rings. The molecule has 0 bridgehead atoms. The van der Waals surface area contributed by atoms with Crippen molar-refractivity contribution in [3.05, 3.63) is 71.2 Å². The number of pyridine rings is 2. The number of nitrogens with zero attached hydrogens (tertiary/aromatic N) is 2. The van der Waals surface area contributed by atoms with Crippen LogP contribution in [0.5, 0.6) is 0 Å². The fraction of sp³-hybridized carbons (Fsp3) is 0.222. The second-order valence-electron chi connectivity index (χ2n) is 5.31. The molecule has 0 aliphatic rings. The summed E-state index contributed by atoms with van der Waals surface area (Å²) in [5, 5.41) is 4.69. The van der Waals surface area contributed by atoms with Gasteiger partial charge in [-0.15, -0.1) is 0 Å². The summed E-state index contributed by atoms with van der Waals surface area (Å²) in [5.74, 6) is 0. The van der Waals surface area contributed by atoms with Gasteiger partial charge in [0, 0.05) is 29.9 Å². The van der Waals surface area contributed by atoms with Gasteiger partial charge in [0.25, 0.3) is 0 Å². The normalized spacial score (nSPS) is 11.0. The highest BCUT2D eigenvalue weighted by atomic mass is 14.9. The summed E-state index contributed by atoms with van der Waals surface area (Å²) in [4.78, 5) is 9.08. The molecule has 3 heteroatoms. The van der Waals surface area contributed by atoms with Gasteiger partial charge in [-0.3, -0.25) is 9.97 Å². The molecule has 3 rings (SSSR count). The van der Waals surface area contributed by atoms with Gasteiger partial charge < -0.3 is 5.32 Å². The maximum absolute atomic E-state index is 4.57.